The molecule has 1 saturated heterocycles. The Balaban J connectivity index is 1.83. The number of hydrogen-bond acceptors (Lipinski definition) is 4. The van der Waals surface area contributed by atoms with Crippen molar-refractivity contribution in [2.24, 2.45) is 10.9 Å². The van der Waals surface area contributed by atoms with Gasteiger partial charge in [0, 0.05) is 39.8 Å². The first-order valence-electron chi connectivity index (χ1n) is 10.1. The molecule has 2 N–H and O–H groups in total. The Bertz CT molecular complexity index is 605. The molecule has 6 nitrogen and oxygen atoms in total. The van der Waals surface area contributed by atoms with E-state index < -0.39 is 0 Å². The normalized spacial score (nSPS) is 19.9. The molecule has 2 atom stereocenters. The first-order chi connectivity index (χ1) is 13.4. The van der Waals surface area contributed by atoms with Gasteiger partial charge in [-0.3, -0.25) is 9.89 Å². The van der Waals surface area contributed by atoms with E-state index in [0.29, 0.717) is 12.5 Å². The van der Waals surface area contributed by atoms with Crippen LogP contribution in [0.4, 0.5) is 4.39 Å². The number of nitrogens with one attached hydrogen (secondary N) is 2. The number of morpholine rings is 1. The second-order valence-electron chi connectivity index (χ2n) is 8.01. The maximum atomic E-state index is 13.2. The second-order valence-corrected chi connectivity index (χ2v) is 8.01. The van der Waals surface area contributed by atoms with Crippen LogP contribution in [0.2, 0.25) is 0 Å². The van der Waals surface area contributed by atoms with E-state index in [1.165, 1.54) is 12.1 Å². The predicted molar refractivity (Wildman–Crippen MR) is 113 cm³/mol. The van der Waals surface area contributed by atoms with Crippen molar-refractivity contribution in [3.63, 3.8) is 0 Å². The smallest absolute Gasteiger partial charge is 0.191 e. The fourth-order valence-corrected chi connectivity index (χ4v) is 3.49. The van der Waals surface area contributed by atoms with Crippen LogP contribution in [0.3, 0.4) is 0 Å². The molecule has 0 bridgehead atoms. The van der Waals surface area contributed by atoms with Crippen LogP contribution < -0.4 is 10.6 Å². The number of benzene rings is 1. The van der Waals surface area contributed by atoms with Crippen molar-refractivity contribution >= 4 is 5.96 Å². The summed E-state index contributed by atoms with van der Waals surface area (Å²) in [5.41, 5.74) is 1.06. The molecule has 1 aromatic rings. The van der Waals surface area contributed by atoms with Crippen LogP contribution >= 0.6 is 0 Å². The number of hydrogen-bond donors (Lipinski definition) is 2. The number of guanidine groups is 1. The molecule has 0 saturated carbocycles. The summed E-state index contributed by atoms with van der Waals surface area (Å²) in [4.78, 5) is 8.90. The van der Waals surface area contributed by atoms with Crippen LogP contribution in [0.1, 0.15) is 25.5 Å². The molecule has 1 heterocycles. The molecule has 2 rings (SSSR count). The van der Waals surface area contributed by atoms with Gasteiger partial charge >= 0.3 is 0 Å². The molecule has 0 radical (unpaired) electrons. The van der Waals surface area contributed by atoms with Crippen molar-refractivity contribution in [1.82, 2.24) is 20.4 Å². The monoisotopic (exact) mass is 393 g/mol. The zero-order valence-corrected chi connectivity index (χ0v) is 17.9. The van der Waals surface area contributed by atoms with Crippen LogP contribution in [0, 0.1) is 11.7 Å². The average molecular weight is 394 g/mol. The van der Waals surface area contributed by atoms with Gasteiger partial charge < -0.3 is 20.3 Å². The second kappa shape index (κ2) is 11.3. The van der Waals surface area contributed by atoms with Crippen molar-refractivity contribution in [1.29, 1.82) is 0 Å². The molecule has 1 fully saturated rings. The predicted octanol–water partition coefficient (Wildman–Crippen LogP) is 1.95. The van der Waals surface area contributed by atoms with Gasteiger partial charge in [0.15, 0.2) is 5.96 Å². The van der Waals surface area contributed by atoms with Gasteiger partial charge in [-0.1, -0.05) is 26.0 Å². The van der Waals surface area contributed by atoms with Crippen LogP contribution in [0.5, 0.6) is 0 Å². The Morgan fingerprint density at radius 1 is 1.29 bits per heavy atom. The van der Waals surface area contributed by atoms with E-state index in [1.54, 1.807) is 7.05 Å². The van der Waals surface area contributed by atoms with Gasteiger partial charge in [0.2, 0.25) is 0 Å². The lowest BCUT2D eigenvalue weighted by Crippen LogP contribution is -2.50. The minimum absolute atomic E-state index is 0.117. The highest BCUT2D eigenvalue weighted by molar-refractivity contribution is 5.79. The molecule has 1 aromatic carbocycles. The maximum absolute atomic E-state index is 13.2. The van der Waals surface area contributed by atoms with E-state index in [2.05, 4.69) is 39.3 Å². The largest absolute Gasteiger partial charge is 0.374 e. The Morgan fingerprint density at radius 3 is 2.61 bits per heavy atom. The van der Waals surface area contributed by atoms with E-state index in [-0.39, 0.29) is 18.0 Å². The van der Waals surface area contributed by atoms with E-state index in [4.69, 9.17) is 4.74 Å². The highest BCUT2D eigenvalue weighted by Crippen LogP contribution is 2.17. The summed E-state index contributed by atoms with van der Waals surface area (Å²) in [7, 11) is 5.81. The van der Waals surface area contributed by atoms with Crippen LogP contribution in [-0.2, 0) is 4.74 Å². The molecular weight excluding hydrogens is 357 g/mol. The van der Waals surface area contributed by atoms with E-state index in [0.717, 1.165) is 44.3 Å². The molecule has 28 heavy (non-hydrogen) atoms. The Labute approximate surface area is 169 Å². The third-order valence-electron chi connectivity index (χ3n) is 4.91. The zero-order valence-electron chi connectivity index (χ0n) is 17.9. The summed E-state index contributed by atoms with van der Waals surface area (Å²) in [5, 5.41) is 6.76. The fraction of sp³-hybridized carbons (Fsp3) is 0.667. The van der Waals surface area contributed by atoms with E-state index in [9.17, 15) is 4.39 Å². The van der Waals surface area contributed by atoms with Gasteiger partial charge in [0.1, 0.15) is 5.82 Å². The lowest BCUT2D eigenvalue weighted by Gasteiger charge is -2.34. The molecule has 0 amide bonds. The van der Waals surface area contributed by atoms with E-state index in [1.807, 2.05) is 26.2 Å². The molecule has 1 aliphatic heterocycles. The first kappa shape index (κ1) is 22.6. The molecule has 2 unspecified atom stereocenters. The lowest BCUT2D eigenvalue weighted by atomic mass is 10.1. The van der Waals surface area contributed by atoms with E-state index >= 15 is 0 Å². The topological polar surface area (TPSA) is 52.1 Å². The standard InChI is InChI=1S/C21H36FN5O/c1-16(2)14-27-10-11-28-19(15-27)12-24-21(23-3)25-13-20(26(4)5)17-6-8-18(22)9-7-17/h6-9,16,19-20H,10-15H2,1-5H3,(H2,23,24,25). The third-order valence-corrected chi connectivity index (χ3v) is 4.91. The molecule has 0 aliphatic carbocycles. The van der Waals surface area contributed by atoms with Crippen molar-refractivity contribution in [3.05, 3.63) is 35.6 Å². The highest BCUT2D eigenvalue weighted by atomic mass is 19.1. The van der Waals surface area contributed by atoms with Gasteiger partial charge in [-0.2, -0.15) is 0 Å². The van der Waals surface area contributed by atoms with Crippen molar-refractivity contribution in [2.75, 3.05) is 60.5 Å². The summed E-state index contributed by atoms with van der Waals surface area (Å²) in [6, 6.07) is 6.78. The van der Waals surface area contributed by atoms with Gasteiger partial charge in [-0.25, -0.2) is 4.39 Å². The number of aliphatic imine (C=N–C) groups is 1. The number of ether oxygens (including phenoxy) is 1. The Hall–Kier alpha value is -1.70. The van der Waals surface area contributed by atoms with Crippen molar-refractivity contribution < 1.29 is 9.13 Å². The van der Waals surface area contributed by atoms with Crippen molar-refractivity contribution in [2.45, 2.75) is 26.0 Å². The summed E-state index contributed by atoms with van der Waals surface area (Å²) >= 11 is 0. The fourth-order valence-electron chi connectivity index (χ4n) is 3.49. The first-order valence-corrected chi connectivity index (χ1v) is 10.1. The minimum atomic E-state index is -0.217. The summed E-state index contributed by atoms with van der Waals surface area (Å²) < 4.78 is 19.1. The Kier molecular flexibility index (Phi) is 9.15. The van der Waals surface area contributed by atoms with Gasteiger partial charge in [0.05, 0.1) is 18.8 Å². The molecule has 0 spiro atoms. The lowest BCUT2D eigenvalue weighted by molar-refractivity contribution is -0.0284. The quantitative estimate of drug-likeness (QED) is 0.522. The number of halogens is 1. The molecular formula is C21H36FN5O. The number of likely N-dealkylation sites (N-methyl/N-ethyl adjacent to an activating group) is 1. The Morgan fingerprint density at radius 2 is 2.00 bits per heavy atom. The molecule has 7 heteroatoms. The zero-order chi connectivity index (χ0) is 20.5. The van der Waals surface area contributed by atoms with Gasteiger partial charge in [-0.15, -0.1) is 0 Å². The van der Waals surface area contributed by atoms with Crippen LogP contribution in [-0.4, -0.2) is 82.3 Å². The van der Waals surface area contributed by atoms with Crippen LogP contribution in [0.15, 0.2) is 29.3 Å². The molecule has 0 aromatic heterocycles. The highest BCUT2D eigenvalue weighted by Gasteiger charge is 2.21. The maximum Gasteiger partial charge on any atom is 0.191 e. The number of rotatable bonds is 8. The van der Waals surface area contributed by atoms with Gasteiger partial charge in [0.25, 0.3) is 0 Å². The van der Waals surface area contributed by atoms with Crippen LogP contribution in [0.25, 0.3) is 0 Å². The summed E-state index contributed by atoms with van der Waals surface area (Å²) in [5.74, 6) is 1.19. The SMILES string of the molecule is CN=C(NCC1CN(CC(C)C)CCO1)NCC(c1ccc(F)cc1)N(C)C. The minimum Gasteiger partial charge on any atom is -0.374 e. The number of nitrogens with zero attached hydrogens (tertiary/aromatic N) is 3. The van der Waals surface area contributed by atoms with Crippen molar-refractivity contribution in [3.8, 4) is 0 Å². The average Bonchev–Trinajstić information content (AvgIpc) is 2.65. The van der Waals surface area contributed by atoms with Gasteiger partial charge in [-0.05, 0) is 37.7 Å². The third kappa shape index (κ3) is 7.37. The molecule has 1 aliphatic rings. The molecule has 158 valence electrons. The summed E-state index contributed by atoms with van der Waals surface area (Å²) in [6.07, 6.45) is 0.160. The summed E-state index contributed by atoms with van der Waals surface area (Å²) in [6.45, 7) is 9.71.